The van der Waals surface area contributed by atoms with Gasteiger partial charge in [0.1, 0.15) is 5.69 Å². The number of aryl methyl sites for hydroxylation is 1. The van der Waals surface area contributed by atoms with Gasteiger partial charge in [0.2, 0.25) is 5.91 Å². The number of halogens is 2. The molecule has 0 aliphatic rings. The van der Waals surface area contributed by atoms with Gasteiger partial charge in [-0.1, -0.05) is 5.21 Å². The Balaban J connectivity index is 2.13. The molecule has 0 aliphatic carbocycles. The Bertz CT molecular complexity index is 801. The fourth-order valence-corrected chi connectivity index (χ4v) is 3.04. The van der Waals surface area contributed by atoms with Gasteiger partial charge in [0, 0.05) is 12.1 Å². The molecule has 3 N–H and O–H groups in total. The molecule has 8 nitrogen and oxygen atoms in total. The van der Waals surface area contributed by atoms with Crippen molar-refractivity contribution in [3.63, 3.8) is 0 Å². The van der Waals surface area contributed by atoms with E-state index in [0.29, 0.717) is 11.3 Å². The molecule has 1 amide bonds. The van der Waals surface area contributed by atoms with Crippen LogP contribution in [0, 0.1) is 17.0 Å². The lowest BCUT2D eigenvalue weighted by Crippen LogP contribution is -2.42. The monoisotopic (exact) mass is 374 g/mol. The van der Waals surface area contributed by atoms with E-state index in [1.54, 1.807) is 0 Å². The molecule has 1 aromatic carbocycles. The minimum absolute atomic E-state index is 0.0896. The molecule has 11 heteroatoms. The van der Waals surface area contributed by atoms with E-state index in [0.717, 1.165) is 12.1 Å². The van der Waals surface area contributed by atoms with Crippen LogP contribution >= 0.6 is 0 Å². The second kappa shape index (κ2) is 7.76. The summed E-state index contributed by atoms with van der Waals surface area (Å²) in [7, 11) is 0. The molecule has 1 heterocycles. The molecule has 0 radical (unpaired) electrons. The molecular formula is C14H16F2N4O4S. The van der Waals surface area contributed by atoms with Crippen molar-refractivity contribution < 1.29 is 27.5 Å². The number of aromatic nitrogens is 3. The minimum Gasteiger partial charge on any atom is -0.306 e. The maximum Gasteiger partial charge on any atom is 0.250 e. The van der Waals surface area contributed by atoms with Crippen LogP contribution in [0.3, 0.4) is 0 Å². The van der Waals surface area contributed by atoms with Crippen molar-refractivity contribution in [1.29, 1.82) is 0 Å². The van der Waals surface area contributed by atoms with Crippen LogP contribution in [0.1, 0.15) is 13.3 Å². The third-order valence-electron chi connectivity index (χ3n) is 3.74. The van der Waals surface area contributed by atoms with Crippen molar-refractivity contribution in [3.05, 3.63) is 36.0 Å². The Kier molecular flexibility index (Phi) is 5.93. The first kappa shape index (κ1) is 19.1. The molecule has 2 aromatic rings. The van der Waals surface area contributed by atoms with Gasteiger partial charge in [-0.05, 0) is 31.5 Å². The van der Waals surface area contributed by atoms with Crippen LogP contribution in [-0.2, 0) is 22.4 Å². The summed E-state index contributed by atoms with van der Waals surface area (Å²) in [5.41, 5.74) is 0.814. The number of benzene rings is 1. The first-order valence-corrected chi connectivity index (χ1v) is 8.40. The average Bonchev–Trinajstić information content (AvgIpc) is 3.03. The van der Waals surface area contributed by atoms with Gasteiger partial charge in [-0.2, -0.15) is 0 Å². The number of hydroxylamine groups is 1. The summed E-state index contributed by atoms with van der Waals surface area (Å²) in [6, 6.07) is 3.32. The second-order valence-electron chi connectivity index (χ2n) is 5.71. The summed E-state index contributed by atoms with van der Waals surface area (Å²) in [5.74, 6) is -3.15. The number of amides is 1. The number of hydrogen-bond acceptors (Lipinski definition) is 5. The smallest absolute Gasteiger partial charge is 0.250 e. The number of rotatable bonds is 7. The molecule has 2 rings (SSSR count). The van der Waals surface area contributed by atoms with Crippen molar-refractivity contribution >= 4 is 17.0 Å². The van der Waals surface area contributed by atoms with Crippen LogP contribution < -0.4 is 5.48 Å². The van der Waals surface area contributed by atoms with E-state index in [1.165, 1.54) is 29.3 Å². The zero-order valence-electron chi connectivity index (χ0n) is 13.1. The van der Waals surface area contributed by atoms with E-state index >= 15 is 0 Å². The Morgan fingerprint density at radius 2 is 2.12 bits per heavy atom. The topological polar surface area (TPSA) is 117 Å². The molecule has 2 atom stereocenters. The second-order valence-corrected chi connectivity index (χ2v) is 6.64. The van der Waals surface area contributed by atoms with Gasteiger partial charge in [0.15, 0.2) is 22.7 Å². The number of nitrogens with one attached hydrogen (secondary N) is 1. The first-order chi connectivity index (χ1) is 11.7. The molecule has 0 fully saturated rings. The van der Waals surface area contributed by atoms with Crippen LogP contribution in [-0.4, -0.2) is 40.6 Å². The summed E-state index contributed by atoms with van der Waals surface area (Å²) >= 11 is -2.24. The summed E-state index contributed by atoms with van der Waals surface area (Å²) in [6.07, 6.45) is 1.56. The van der Waals surface area contributed by atoms with E-state index in [9.17, 15) is 17.8 Å². The zero-order chi connectivity index (χ0) is 18.6. The molecule has 0 bridgehead atoms. The van der Waals surface area contributed by atoms with Crippen molar-refractivity contribution in [2.75, 3.05) is 5.75 Å². The quantitative estimate of drug-likeness (QED) is 0.383. The molecule has 1 aromatic heterocycles. The molecule has 25 heavy (non-hydrogen) atoms. The van der Waals surface area contributed by atoms with Gasteiger partial charge in [0.25, 0.3) is 0 Å². The Morgan fingerprint density at radius 3 is 2.72 bits per heavy atom. The molecule has 0 spiro atoms. The maximum absolute atomic E-state index is 13.3. The highest BCUT2D eigenvalue weighted by Gasteiger charge is 2.35. The Morgan fingerprint density at radius 1 is 1.40 bits per heavy atom. The van der Waals surface area contributed by atoms with E-state index < -0.39 is 34.0 Å². The highest BCUT2D eigenvalue weighted by molar-refractivity contribution is 7.79. The van der Waals surface area contributed by atoms with E-state index in [1.807, 2.05) is 0 Å². The van der Waals surface area contributed by atoms with Gasteiger partial charge >= 0.3 is 0 Å². The molecule has 0 saturated heterocycles. The summed E-state index contributed by atoms with van der Waals surface area (Å²) in [5, 5.41) is 16.5. The van der Waals surface area contributed by atoms with E-state index in [2.05, 4.69) is 10.3 Å². The van der Waals surface area contributed by atoms with Crippen LogP contribution in [0.5, 0.6) is 0 Å². The molecule has 0 aliphatic heterocycles. The highest BCUT2D eigenvalue weighted by atomic mass is 32.2. The Labute approximate surface area is 144 Å². The van der Waals surface area contributed by atoms with E-state index in [4.69, 9.17) is 9.76 Å². The van der Waals surface area contributed by atoms with E-state index in [-0.39, 0.29) is 18.7 Å². The van der Waals surface area contributed by atoms with Crippen molar-refractivity contribution in [3.8, 4) is 11.3 Å². The molecular weight excluding hydrogens is 358 g/mol. The summed E-state index contributed by atoms with van der Waals surface area (Å²) in [6.45, 7) is 1.58. The fraction of sp³-hybridized carbons (Fsp3) is 0.357. The number of hydrogen-bond donors (Lipinski definition) is 3. The van der Waals surface area contributed by atoms with Gasteiger partial charge in [0.05, 0.1) is 17.4 Å². The largest absolute Gasteiger partial charge is 0.306 e. The van der Waals surface area contributed by atoms with Crippen LogP contribution in [0.25, 0.3) is 11.3 Å². The SMILES string of the molecule is C[C@](CCn1cc(-c2ccc(F)c(F)c2)nn1)(CS(=O)O)C(=O)NO. The number of carbonyl (C=O) groups is 1. The standard InChI is InChI=1S/C14H16F2N4O4S/c1-14(8-25(23)24,13(21)18-22)4-5-20-7-12(17-19-20)9-2-3-10(15)11(16)6-9/h2-3,6-7,22H,4-5,8H2,1H3,(H,18,21)(H,23,24)/t14-/m0/s1. The lowest BCUT2D eigenvalue weighted by molar-refractivity contribution is -0.138. The summed E-state index contributed by atoms with van der Waals surface area (Å²) in [4.78, 5) is 11.8. The number of nitrogens with zero attached hydrogens (tertiary/aromatic N) is 3. The lowest BCUT2D eigenvalue weighted by Gasteiger charge is -2.25. The molecule has 1 unspecified atom stereocenters. The van der Waals surface area contributed by atoms with Gasteiger partial charge in [-0.3, -0.25) is 14.7 Å². The predicted octanol–water partition coefficient (Wildman–Crippen LogP) is 1.35. The van der Waals surface area contributed by atoms with Gasteiger partial charge in [-0.15, -0.1) is 5.10 Å². The van der Waals surface area contributed by atoms with Crippen LogP contribution in [0.4, 0.5) is 8.78 Å². The lowest BCUT2D eigenvalue weighted by atomic mass is 9.88. The average molecular weight is 374 g/mol. The van der Waals surface area contributed by atoms with Gasteiger partial charge in [-0.25, -0.2) is 18.5 Å². The highest BCUT2D eigenvalue weighted by Crippen LogP contribution is 2.24. The Hall–Kier alpha value is -2.24. The fourth-order valence-electron chi connectivity index (χ4n) is 2.22. The normalized spacial score (nSPS) is 14.8. The molecule has 0 saturated carbocycles. The third-order valence-corrected chi connectivity index (χ3v) is 4.62. The zero-order valence-corrected chi connectivity index (χ0v) is 14.0. The number of carbonyl (C=O) groups excluding carboxylic acids is 1. The van der Waals surface area contributed by atoms with Crippen molar-refractivity contribution in [1.82, 2.24) is 20.5 Å². The predicted molar refractivity (Wildman–Crippen MR) is 83.7 cm³/mol. The summed E-state index contributed by atoms with van der Waals surface area (Å²) < 4.78 is 47.7. The molecule has 136 valence electrons. The third kappa shape index (κ3) is 4.65. The minimum atomic E-state index is -2.24. The van der Waals surface area contributed by atoms with Crippen molar-refractivity contribution in [2.24, 2.45) is 5.41 Å². The maximum atomic E-state index is 13.3. The van der Waals surface area contributed by atoms with Crippen molar-refractivity contribution in [2.45, 2.75) is 19.9 Å². The van der Waals surface area contributed by atoms with Crippen LogP contribution in [0.2, 0.25) is 0 Å². The van der Waals surface area contributed by atoms with Crippen LogP contribution in [0.15, 0.2) is 24.4 Å². The first-order valence-electron chi connectivity index (χ1n) is 7.13. The van der Waals surface area contributed by atoms with Gasteiger partial charge < -0.3 is 4.55 Å².